The third kappa shape index (κ3) is 4.29. The van der Waals surface area contributed by atoms with Crippen LogP contribution in [0.2, 0.25) is 5.02 Å². The summed E-state index contributed by atoms with van der Waals surface area (Å²) in [4.78, 5) is 15.4. The molecule has 4 nitrogen and oxygen atoms in total. The van der Waals surface area contributed by atoms with Gasteiger partial charge in [0.25, 0.3) is 5.91 Å². The van der Waals surface area contributed by atoms with E-state index in [1.54, 1.807) is 12.1 Å². The zero-order chi connectivity index (χ0) is 19.3. The van der Waals surface area contributed by atoms with Crippen molar-refractivity contribution in [3.05, 3.63) is 82.0 Å². The molecule has 1 aliphatic heterocycles. The van der Waals surface area contributed by atoms with Gasteiger partial charge in [-0.2, -0.15) is 0 Å². The van der Waals surface area contributed by atoms with Crippen LogP contribution < -0.4 is 5.32 Å². The summed E-state index contributed by atoms with van der Waals surface area (Å²) in [6, 6.07) is 17.5. The summed E-state index contributed by atoms with van der Waals surface area (Å²) >= 11 is 6.06. The summed E-state index contributed by atoms with van der Waals surface area (Å²) in [5.41, 5.74) is 4.98. The SMILES string of the molecule is O=C(Nc1cccc(Cl)c1)C1=C(N2CCOCC2)/C(=C/c2ccccc2)CC1. The predicted molar refractivity (Wildman–Crippen MR) is 113 cm³/mol. The molecule has 0 bridgehead atoms. The number of hydrogen-bond donors (Lipinski definition) is 1. The Balaban J connectivity index is 1.67. The summed E-state index contributed by atoms with van der Waals surface area (Å²) < 4.78 is 5.52. The lowest BCUT2D eigenvalue weighted by Crippen LogP contribution is -2.36. The number of carbonyl (C=O) groups is 1. The Bertz CT molecular complexity index is 915. The first kappa shape index (κ1) is 18.8. The Labute approximate surface area is 170 Å². The largest absolute Gasteiger partial charge is 0.378 e. The second-order valence-electron chi connectivity index (χ2n) is 6.97. The van der Waals surface area contributed by atoms with Gasteiger partial charge in [0.2, 0.25) is 0 Å². The third-order valence-corrected chi connectivity index (χ3v) is 5.29. The average Bonchev–Trinajstić information content (AvgIpc) is 3.13. The number of anilines is 1. The molecular formula is C23H23ClN2O2. The van der Waals surface area contributed by atoms with E-state index in [0.717, 1.165) is 42.8 Å². The lowest BCUT2D eigenvalue weighted by atomic mass is 10.1. The van der Waals surface area contributed by atoms with Gasteiger partial charge in [0.1, 0.15) is 0 Å². The van der Waals surface area contributed by atoms with Crippen molar-refractivity contribution in [3.63, 3.8) is 0 Å². The number of allylic oxidation sites excluding steroid dienone is 1. The number of nitrogens with one attached hydrogen (secondary N) is 1. The summed E-state index contributed by atoms with van der Waals surface area (Å²) in [5.74, 6) is -0.0554. The van der Waals surface area contributed by atoms with Crippen molar-refractivity contribution in [1.82, 2.24) is 4.90 Å². The molecule has 0 unspecified atom stereocenters. The second-order valence-corrected chi connectivity index (χ2v) is 7.41. The van der Waals surface area contributed by atoms with E-state index in [0.29, 0.717) is 23.9 Å². The van der Waals surface area contributed by atoms with E-state index in [9.17, 15) is 4.79 Å². The number of morpholine rings is 1. The molecule has 144 valence electrons. The van der Waals surface area contributed by atoms with Gasteiger partial charge in [0.05, 0.1) is 13.2 Å². The van der Waals surface area contributed by atoms with Gasteiger partial charge in [0.15, 0.2) is 0 Å². The smallest absolute Gasteiger partial charge is 0.253 e. The number of hydrogen-bond acceptors (Lipinski definition) is 3. The lowest BCUT2D eigenvalue weighted by molar-refractivity contribution is -0.113. The molecule has 0 radical (unpaired) electrons. The van der Waals surface area contributed by atoms with Crippen molar-refractivity contribution in [3.8, 4) is 0 Å². The van der Waals surface area contributed by atoms with Gasteiger partial charge in [-0.3, -0.25) is 4.79 Å². The van der Waals surface area contributed by atoms with Crippen LogP contribution in [0.25, 0.3) is 6.08 Å². The topological polar surface area (TPSA) is 41.6 Å². The molecule has 1 amide bonds. The second kappa shape index (κ2) is 8.63. The molecule has 1 aliphatic carbocycles. The van der Waals surface area contributed by atoms with Crippen LogP contribution in [0, 0.1) is 0 Å². The van der Waals surface area contributed by atoms with E-state index in [4.69, 9.17) is 16.3 Å². The van der Waals surface area contributed by atoms with E-state index in [1.165, 1.54) is 5.57 Å². The van der Waals surface area contributed by atoms with Crippen LogP contribution in [-0.4, -0.2) is 37.1 Å². The molecule has 1 N–H and O–H groups in total. The van der Waals surface area contributed by atoms with Gasteiger partial charge in [-0.25, -0.2) is 0 Å². The molecule has 2 aromatic rings. The Morgan fingerprint density at radius 2 is 1.82 bits per heavy atom. The standard InChI is InChI=1S/C23H23ClN2O2/c24-19-7-4-8-20(16-19)25-23(27)21-10-9-18(15-17-5-2-1-3-6-17)22(21)26-11-13-28-14-12-26/h1-8,15-16H,9-14H2,(H,25,27)/b18-15+. The molecule has 0 spiro atoms. The first-order valence-corrected chi connectivity index (χ1v) is 9.97. The third-order valence-electron chi connectivity index (χ3n) is 5.06. The number of carbonyl (C=O) groups excluding carboxylic acids is 1. The summed E-state index contributed by atoms with van der Waals surface area (Å²) in [6.45, 7) is 2.97. The molecule has 4 rings (SSSR count). The minimum atomic E-state index is -0.0554. The van der Waals surface area contributed by atoms with Crippen LogP contribution in [-0.2, 0) is 9.53 Å². The zero-order valence-electron chi connectivity index (χ0n) is 15.7. The normalized spacial score (nSPS) is 18.6. The van der Waals surface area contributed by atoms with E-state index in [2.05, 4.69) is 28.4 Å². The van der Waals surface area contributed by atoms with Crippen LogP contribution in [0.3, 0.4) is 0 Å². The molecule has 0 atom stereocenters. The lowest BCUT2D eigenvalue weighted by Gasteiger charge is -2.31. The number of amides is 1. The Morgan fingerprint density at radius 1 is 1.04 bits per heavy atom. The fourth-order valence-corrected chi connectivity index (χ4v) is 3.95. The molecule has 0 saturated carbocycles. The van der Waals surface area contributed by atoms with Crippen LogP contribution in [0.5, 0.6) is 0 Å². The quantitative estimate of drug-likeness (QED) is 0.814. The van der Waals surface area contributed by atoms with Gasteiger partial charge >= 0.3 is 0 Å². The van der Waals surface area contributed by atoms with Crippen LogP contribution in [0.4, 0.5) is 5.69 Å². The number of rotatable bonds is 4. The van der Waals surface area contributed by atoms with Crippen LogP contribution in [0.15, 0.2) is 71.4 Å². The fourth-order valence-electron chi connectivity index (χ4n) is 3.76. The number of nitrogens with zero attached hydrogens (tertiary/aromatic N) is 1. The molecule has 2 aromatic carbocycles. The van der Waals surface area contributed by atoms with Gasteiger partial charge in [-0.05, 0) is 48.3 Å². The molecular weight excluding hydrogens is 372 g/mol. The molecule has 2 aliphatic rings. The highest BCUT2D eigenvalue weighted by atomic mass is 35.5. The average molecular weight is 395 g/mol. The number of halogens is 1. The summed E-state index contributed by atoms with van der Waals surface area (Å²) in [5, 5.41) is 3.62. The van der Waals surface area contributed by atoms with Gasteiger partial charge in [-0.15, -0.1) is 0 Å². The first-order chi connectivity index (χ1) is 13.7. The molecule has 5 heteroatoms. The maximum atomic E-state index is 13.1. The van der Waals surface area contributed by atoms with Crippen molar-refractivity contribution in [2.24, 2.45) is 0 Å². The molecule has 0 aromatic heterocycles. The Kier molecular flexibility index (Phi) is 5.79. The zero-order valence-corrected chi connectivity index (χ0v) is 16.4. The van der Waals surface area contributed by atoms with Crippen molar-refractivity contribution >= 4 is 29.3 Å². The predicted octanol–water partition coefficient (Wildman–Crippen LogP) is 4.74. The van der Waals surface area contributed by atoms with Gasteiger partial charge in [-0.1, -0.05) is 48.0 Å². The van der Waals surface area contributed by atoms with Crippen molar-refractivity contribution in [2.75, 3.05) is 31.6 Å². The number of ether oxygens (including phenoxy) is 1. The molecule has 1 saturated heterocycles. The van der Waals surface area contributed by atoms with Gasteiger partial charge in [0, 0.05) is 35.1 Å². The highest BCUT2D eigenvalue weighted by Gasteiger charge is 2.29. The van der Waals surface area contributed by atoms with Crippen LogP contribution >= 0.6 is 11.6 Å². The molecule has 1 fully saturated rings. The monoisotopic (exact) mass is 394 g/mol. The summed E-state index contributed by atoms with van der Waals surface area (Å²) in [7, 11) is 0. The minimum Gasteiger partial charge on any atom is -0.378 e. The molecule has 1 heterocycles. The van der Waals surface area contributed by atoms with E-state index < -0.39 is 0 Å². The highest BCUT2D eigenvalue weighted by Crippen LogP contribution is 2.36. The summed E-state index contributed by atoms with van der Waals surface area (Å²) in [6.07, 6.45) is 3.79. The molecule has 28 heavy (non-hydrogen) atoms. The fraction of sp³-hybridized carbons (Fsp3) is 0.261. The van der Waals surface area contributed by atoms with Gasteiger partial charge < -0.3 is 15.0 Å². The first-order valence-electron chi connectivity index (χ1n) is 9.59. The van der Waals surface area contributed by atoms with E-state index in [1.807, 2.05) is 30.3 Å². The minimum absolute atomic E-state index is 0.0554. The maximum Gasteiger partial charge on any atom is 0.253 e. The number of benzene rings is 2. The van der Waals surface area contributed by atoms with E-state index >= 15 is 0 Å². The van der Waals surface area contributed by atoms with Crippen molar-refractivity contribution < 1.29 is 9.53 Å². The Hall–Kier alpha value is -2.56. The van der Waals surface area contributed by atoms with Crippen molar-refractivity contribution in [1.29, 1.82) is 0 Å². The highest BCUT2D eigenvalue weighted by molar-refractivity contribution is 6.31. The van der Waals surface area contributed by atoms with Crippen LogP contribution in [0.1, 0.15) is 18.4 Å². The maximum absolute atomic E-state index is 13.1. The Morgan fingerprint density at radius 3 is 2.57 bits per heavy atom. The van der Waals surface area contributed by atoms with E-state index in [-0.39, 0.29) is 5.91 Å². The van der Waals surface area contributed by atoms with Crippen molar-refractivity contribution in [2.45, 2.75) is 12.8 Å².